The van der Waals surface area contributed by atoms with Crippen molar-refractivity contribution >= 4 is 17.9 Å². The fraction of sp³-hybridized carbons (Fsp3) is 0.545. The van der Waals surface area contributed by atoms with E-state index in [1.807, 2.05) is 0 Å². The highest BCUT2D eigenvalue weighted by atomic mass is 16.4. The molecule has 2 N–H and O–H groups in total. The molecule has 0 bridgehead atoms. The van der Waals surface area contributed by atoms with Crippen LogP contribution >= 0.6 is 0 Å². The minimum absolute atomic E-state index is 0.128. The summed E-state index contributed by atoms with van der Waals surface area (Å²) in [5, 5.41) is 11.5. The number of oxazole rings is 1. The molecule has 0 spiro atoms. The van der Waals surface area contributed by atoms with Crippen molar-refractivity contribution in [3.05, 3.63) is 12.0 Å². The Bertz CT molecular complexity index is 440. The van der Waals surface area contributed by atoms with Crippen LogP contribution in [0.3, 0.4) is 0 Å². The van der Waals surface area contributed by atoms with Gasteiger partial charge in [-0.25, -0.2) is 0 Å². The van der Waals surface area contributed by atoms with Crippen LogP contribution < -0.4 is 5.32 Å². The number of aromatic nitrogens is 1. The molecule has 92 valence electrons. The van der Waals surface area contributed by atoms with E-state index < -0.39 is 17.8 Å². The summed E-state index contributed by atoms with van der Waals surface area (Å²) in [6.45, 7) is 1.74. The van der Waals surface area contributed by atoms with Crippen LogP contribution in [0.25, 0.3) is 0 Å². The average Bonchev–Trinajstić information content (AvgIpc) is 2.86. The zero-order chi connectivity index (χ0) is 12.4. The van der Waals surface area contributed by atoms with E-state index in [0.29, 0.717) is 18.5 Å². The van der Waals surface area contributed by atoms with E-state index in [0.717, 1.165) is 6.42 Å². The van der Waals surface area contributed by atoms with Gasteiger partial charge in [0.15, 0.2) is 0 Å². The van der Waals surface area contributed by atoms with Gasteiger partial charge in [0.25, 0.3) is 0 Å². The second-order valence-electron chi connectivity index (χ2n) is 4.27. The molecule has 2 atom stereocenters. The number of carbonyl (C=O) groups excluding carboxylic acids is 1. The van der Waals surface area contributed by atoms with Crippen molar-refractivity contribution in [3.8, 4) is 0 Å². The zero-order valence-electron chi connectivity index (χ0n) is 9.47. The lowest BCUT2D eigenvalue weighted by Crippen LogP contribution is -2.30. The molecule has 1 aromatic heterocycles. The highest BCUT2D eigenvalue weighted by Gasteiger charge is 2.38. The van der Waals surface area contributed by atoms with E-state index in [1.165, 1.54) is 6.26 Å². The van der Waals surface area contributed by atoms with Crippen molar-refractivity contribution in [1.82, 2.24) is 4.98 Å². The van der Waals surface area contributed by atoms with Crippen LogP contribution in [0.2, 0.25) is 0 Å². The van der Waals surface area contributed by atoms with Crippen LogP contribution in [0, 0.1) is 18.8 Å². The number of carboxylic acid groups (broad SMARTS) is 1. The molecule has 17 heavy (non-hydrogen) atoms. The average molecular weight is 238 g/mol. The molecule has 6 nitrogen and oxygen atoms in total. The lowest BCUT2D eigenvalue weighted by molar-refractivity contribution is -0.145. The molecular weight excluding hydrogens is 224 g/mol. The summed E-state index contributed by atoms with van der Waals surface area (Å²) in [4.78, 5) is 26.8. The van der Waals surface area contributed by atoms with Crippen LogP contribution in [-0.4, -0.2) is 22.0 Å². The molecule has 0 aliphatic heterocycles. The molecule has 2 rings (SSSR count). The molecule has 1 aliphatic carbocycles. The molecule has 0 saturated heterocycles. The predicted octanol–water partition coefficient (Wildman–Crippen LogP) is 1.42. The summed E-state index contributed by atoms with van der Waals surface area (Å²) in [6.07, 6.45) is 3.35. The first-order valence-corrected chi connectivity index (χ1v) is 5.53. The second kappa shape index (κ2) is 4.57. The maximum atomic E-state index is 11.9. The molecule has 1 saturated carbocycles. The van der Waals surface area contributed by atoms with Gasteiger partial charge in [-0.05, 0) is 19.8 Å². The highest BCUT2D eigenvalue weighted by Crippen LogP contribution is 2.32. The number of anilines is 1. The number of carboxylic acids is 1. The first-order valence-electron chi connectivity index (χ1n) is 5.53. The summed E-state index contributed by atoms with van der Waals surface area (Å²) in [5.41, 5.74) is 0.668. The van der Waals surface area contributed by atoms with Gasteiger partial charge in [-0.3, -0.25) is 14.9 Å². The number of nitrogens with one attached hydrogen (secondary N) is 1. The van der Waals surface area contributed by atoms with Gasteiger partial charge < -0.3 is 9.52 Å². The maximum absolute atomic E-state index is 11.9. The van der Waals surface area contributed by atoms with E-state index in [2.05, 4.69) is 10.3 Å². The Balaban J connectivity index is 2.02. The molecule has 1 aliphatic rings. The lowest BCUT2D eigenvalue weighted by atomic mass is 9.95. The molecule has 1 heterocycles. The fourth-order valence-electron chi connectivity index (χ4n) is 2.18. The van der Waals surface area contributed by atoms with E-state index in [1.54, 1.807) is 6.92 Å². The Hall–Kier alpha value is -1.85. The summed E-state index contributed by atoms with van der Waals surface area (Å²) < 4.78 is 5.00. The molecular formula is C11H14N2O4. The van der Waals surface area contributed by atoms with Gasteiger partial charge in [0, 0.05) is 0 Å². The van der Waals surface area contributed by atoms with Crippen LogP contribution in [-0.2, 0) is 9.59 Å². The Morgan fingerprint density at radius 2 is 2.18 bits per heavy atom. The number of rotatable bonds is 3. The van der Waals surface area contributed by atoms with Gasteiger partial charge >= 0.3 is 12.0 Å². The molecule has 1 amide bonds. The molecule has 2 unspecified atom stereocenters. The first kappa shape index (κ1) is 11.6. The quantitative estimate of drug-likeness (QED) is 0.830. The number of hydrogen-bond donors (Lipinski definition) is 2. The van der Waals surface area contributed by atoms with Crippen molar-refractivity contribution in [3.63, 3.8) is 0 Å². The minimum Gasteiger partial charge on any atom is -0.481 e. The van der Waals surface area contributed by atoms with Gasteiger partial charge in [-0.2, -0.15) is 4.98 Å². The summed E-state index contributed by atoms with van der Waals surface area (Å²) >= 11 is 0. The SMILES string of the molecule is Cc1coc(NC(=O)C2CCCC2C(=O)O)n1. The topological polar surface area (TPSA) is 92.4 Å². The third-order valence-corrected chi connectivity index (χ3v) is 3.02. The summed E-state index contributed by atoms with van der Waals surface area (Å²) in [7, 11) is 0. The van der Waals surface area contributed by atoms with Crippen molar-refractivity contribution in [2.45, 2.75) is 26.2 Å². The highest BCUT2D eigenvalue weighted by molar-refractivity contribution is 5.93. The van der Waals surface area contributed by atoms with Gasteiger partial charge in [0.05, 0.1) is 17.5 Å². The van der Waals surface area contributed by atoms with Crippen molar-refractivity contribution in [1.29, 1.82) is 0 Å². The number of carbonyl (C=O) groups is 2. The lowest BCUT2D eigenvalue weighted by Gasteiger charge is -2.13. The molecule has 6 heteroatoms. The normalized spacial score (nSPS) is 23.6. The van der Waals surface area contributed by atoms with Crippen LogP contribution in [0.15, 0.2) is 10.7 Å². The predicted molar refractivity (Wildman–Crippen MR) is 58.3 cm³/mol. The molecule has 1 fully saturated rings. The number of aryl methyl sites for hydroxylation is 1. The van der Waals surface area contributed by atoms with Gasteiger partial charge in [-0.15, -0.1) is 0 Å². The zero-order valence-corrected chi connectivity index (χ0v) is 9.47. The van der Waals surface area contributed by atoms with Crippen LogP contribution in [0.5, 0.6) is 0 Å². The fourth-order valence-corrected chi connectivity index (χ4v) is 2.18. The van der Waals surface area contributed by atoms with Gasteiger partial charge in [0.2, 0.25) is 5.91 Å². The third kappa shape index (κ3) is 2.46. The third-order valence-electron chi connectivity index (χ3n) is 3.02. The summed E-state index contributed by atoms with van der Waals surface area (Å²) in [6, 6.07) is 0.128. The molecule has 0 radical (unpaired) electrons. The van der Waals surface area contributed by atoms with E-state index in [9.17, 15) is 9.59 Å². The number of hydrogen-bond acceptors (Lipinski definition) is 4. The number of nitrogens with zero attached hydrogens (tertiary/aromatic N) is 1. The molecule has 0 aromatic carbocycles. The van der Waals surface area contributed by atoms with Crippen molar-refractivity contribution in [2.75, 3.05) is 5.32 Å². The Kier molecular flexibility index (Phi) is 3.12. The Labute approximate surface area is 98.0 Å². The monoisotopic (exact) mass is 238 g/mol. The minimum atomic E-state index is -0.911. The van der Waals surface area contributed by atoms with E-state index in [4.69, 9.17) is 9.52 Å². The maximum Gasteiger partial charge on any atom is 0.307 e. The van der Waals surface area contributed by atoms with Crippen LogP contribution in [0.1, 0.15) is 25.0 Å². The standard InChI is InChI=1S/C11H14N2O4/c1-6-5-17-11(12-6)13-9(14)7-3-2-4-8(7)10(15)16/h5,7-8H,2-4H2,1H3,(H,15,16)(H,12,13,14). The van der Waals surface area contributed by atoms with E-state index >= 15 is 0 Å². The second-order valence-corrected chi connectivity index (χ2v) is 4.27. The Morgan fingerprint density at radius 3 is 2.76 bits per heavy atom. The Morgan fingerprint density at radius 1 is 1.47 bits per heavy atom. The molecule has 1 aromatic rings. The largest absolute Gasteiger partial charge is 0.481 e. The van der Waals surface area contributed by atoms with Gasteiger partial charge in [0.1, 0.15) is 6.26 Å². The van der Waals surface area contributed by atoms with Crippen LogP contribution in [0.4, 0.5) is 6.01 Å². The number of aliphatic carboxylic acids is 1. The van der Waals surface area contributed by atoms with Gasteiger partial charge in [-0.1, -0.05) is 6.42 Å². The van der Waals surface area contributed by atoms with Crippen molar-refractivity contribution < 1.29 is 19.1 Å². The van der Waals surface area contributed by atoms with E-state index in [-0.39, 0.29) is 11.9 Å². The van der Waals surface area contributed by atoms with Crippen molar-refractivity contribution in [2.24, 2.45) is 11.8 Å². The summed E-state index contributed by atoms with van der Waals surface area (Å²) in [5.74, 6) is -2.31. The number of amides is 1. The first-order chi connectivity index (χ1) is 8.08. The smallest absolute Gasteiger partial charge is 0.307 e.